The van der Waals surface area contributed by atoms with E-state index in [-0.39, 0.29) is 0 Å². The van der Waals surface area contributed by atoms with Crippen molar-refractivity contribution in [3.8, 4) is 0 Å². The summed E-state index contributed by atoms with van der Waals surface area (Å²) < 4.78 is 5.36. The van der Waals surface area contributed by atoms with Crippen LogP contribution < -0.4 is 0 Å². The Morgan fingerprint density at radius 2 is 1.81 bits per heavy atom. The molecule has 96 valence electrons. The Balaban J connectivity index is 2.27. The number of likely N-dealkylation sites (N-methyl/N-ethyl adjacent to an activating group) is 1. The lowest BCUT2D eigenvalue weighted by Gasteiger charge is -2.34. The van der Waals surface area contributed by atoms with Gasteiger partial charge in [0.2, 0.25) is 0 Å². The summed E-state index contributed by atoms with van der Waals surface area (Å²) in [5, 5.41) is 0. The van der Waals surface area contributed by atoms with Crippen LogP contribution in [0, 0.1) is 5.92 Å². The van der Waals surface area contributed by atoms with E-state index in [0.717, 1.165) is 38.8 Å². The van der Waals surface area contributed by atoms with Gasteiger partial charge in [-0.15, -0.1) is 0 Å². The normalized spacial score (nSPS) is 20.6. The molecule has 0 amide bonds. The Morgan fingerprint density at radius 3 is 2.31 bits per heavy atom. The molecule has 1 atom stereocenters. The number of ether oxygens (including phenoxy) is 1. The molecule has 16 heavy (non-hydrogen) atoms. The first-order chi connectivity index (χ1) is 7.65. The first kappa shape index (κ1) is 13.9. The van der Waals surface area contributed by atoms with Crippen molar-refractivity contribution in [1.29, 1.82) is 0 Å². The van der Waals surface area contributed by atoms with Crippen molar-refractivity contribution in [2.75, 3.05) is 45.9 Å². The van der Waals surface area contributed by atoms with Crippen LogP contribution in [0.2, 0.25) is 0 Å². The van der Waals surface area contributed by atoms with E-state index in [2.05, 4.69) is 37.5 Å². The summed E-state index contributed by atoms with van der Waals surface area (Å²) in [6.45, 7) is 16.8. The average Bonchev–Trinajstić information content (AvgIpc) is 2.30. The second-order valence-corrected chi connectivity index (χ2v) is 5.07. The summed E-state index contributed by atoms with van der Waals surface area (Å²) in [6, 6.07) is 0.686. The van der Waals surface area contributed by atoms with E-state index in [1.807, 2.05) is 0 Å². The van der Waals surface area contributed by atoms with Crippen molar-refractivity contribution in [3.05, 3.63) is 0 Å². The summed E-state index contributed by atoms with van der Waals surface area (Å²) in [5.41, 5.74) is 0. The topological polar surface area (TPSA) is 15.7 Å². The molecule has 0 aliphatic carbocycles. The predicted octanol–water partition coefficient (Wildman–Crippen LogP) is 1.68. The van der Waals surface area contributed by atoms with Crippen LogP contribution in [-0.4, -0.2) is 61.8 Å². The van der Waals surface area contributed by atoms with Gasteiger partial charge in [0.1, 0.15) is 0 Å². The van der Waals surface area contributed by atoms with Gasteiger partial charge in [0.25, 0.3) is 0 Å². The van der Waals surface area contributed by atoms with Crippen LogP contribution in [0.1, 0.15) is 27.7 Å². The zero-order valence-electron chi connectivity index (χ0n) is 11.4. The Morgan fingerprint density at radius 1 is 1.19 bits per heavy atom. The lowest BCUT2D eigenvalue weighted by Crippen LogP contribution is -2.44. The highest BCUT2D eigenvalue weighted by molar-refractivity contribution is 4.71. The predicted molar refractivity (Wildman–Crippen MR) is 68.8 cm³/mol. The molecule has 0 unspecified atom stereocenters. The summed E-state index contributed by atoms with van der Waals surface area (Å²) in [7, 11) is 0. The van der Waals surface area contributed by atoms with Gasteiger partial charge in [-0.1, -0.05) is 20.8 Å². The first-order valence-electron chi connectivity index (χ1n) is 6.69. The molecule has 1 fully saturated rings. The molecule has 0 saturated carbocycles. The molecule has 3 nitrogen and oxygen atoms in total. The standard InChI is InChI=1S/C13H28N2O/c1-5-15(13(4)12(2)3)7-6-14-8-10-16-11-9-14/h12-13H,5-11H2,1-4H3/t13-/m1/s1. The van der Waals surface area contributed by atoms with Crippen molar-refractivity contribution >= 4 is 0 Å². The minimum absolute atomic E-state index is 0.686. The maximum atomic E-state index is 5.36. The molecule has 0 radical (unpaired) electrons. The zero-order valence-corrected chi connectivity index (χ0v) is 11.4. The van der Waals surface area contributed by atoms with Gasteiger partial charge >= 0.3 is 0 Å². The van der Waals surface area contributed by atoms with E-state index < -0.39 is 0 Å². The molecule has 0 aromatic carbocycles. The number of hydrogen-bond donors (Lipinski definition) is 0. The highest BCUT2D eigenvalue weighted by Crippen LogP contribution is 2.09. The van der Waals surface area contributed by atoms with E-state index >= 15 is 0 Å². The molecule has 0 bridgehead atoms. The van der Waals surface area contributed by atoms with E-state index in [1.165, 1.54) is 13.1 Å². The largest absolute Gasteiger partial charge is 0.379 e. The smallest absolute Gasteiger partial charge is 0.0594 e. The third-order valence-corrected chi connectivity index (χ3v) is 3.75. The average molecular weight is 228 g/mol. The van der Waals surface area contributed by atoms with E-state index in [4.69, 9.17) is 4.74 Å². The lowest BCUT2D eigenvalue weighted by molar-refractivity contribution is 0.0302. The van der Waals surface area contributed by atoms with E-state index in [9.17, 15) is 0 Å². The van der Waals surface area contributed by atoms with Crippen LogP contribution in [0.5, 0.6) is 0 Å². The summed E-state index contributed by atoms with van der Waals surface area (Å²) in [5.74, 6) is 0.740. The highest BCUT2D eigenvalue weighted by atomic mass is 16.5. The van der Waals surface area contributed by atoms with Crippen LogP contribution in [0.15, 0.2) is 0 Å². The Hall–Kier alpha value is -0.120. The van der Waals surface area contributed by atoms with Gasteiger partial charge in [0.15, 0.2) is 0 Å². The molecule has 0 aromatic heterocycles. The number of nitrogens with zero attached hydrogens (tertiary/aromatic N) is 2. The monoisotopic (exact) mass is 228 g/mol. The molecule has 0 aromatic rings. The Labute approximate surface area is 101 Å². The van der Waals surface area contributed by atoms with Gasteiger partial charge in [-0.25, -0.2) is 0 Å². The maximum absolute atomic E-state index is 5.36. The fourth-order valence-corrected chi connectivity index (χ4v) is 2.17. The molecule has 0 N–H and O–H groups in total. The lowest BCUT2D eigenvalue weighted by atomic mass is 10.0. The summed E-state index contributed by atoms with van der Waals surface area (Å²) in [6.07, 6.45) is 0. The second-order valence-electron chi connectivity index (χ2n) is 5.07. The van der Waals surface area contributed by atoms with Gasteiger partial charge in [-0.3, -0.25) is 9.80 Å². The zero-order chi connectivity index (χ0) is 12.0. The number of morpholine rings is 1. The van der Waals surface area contributed by atoms with Gasteiger partial charge in [0.05, 0.1) is 13.2 Å². The number of rotatable bonds is 6. The third-order valence-electron chi connectivity index (χ3n) is 3.75. The van der Waals surface area contributed by atoms with Gasteiger partial charge in [-0.05, 0) is 19.4 Å². The molecular formula is C13H28N2O. The molecule has 1 aliphatic heterocycles. The molecule has 1 saturated heterocycles. The first-order valence-corrected chi connectivity index (χ1v) is 6.69. The molecule has 1 heterocycles. The molecule has 0 spiro atoms. The second kappa shape index (κ2) is 7.25. The quantitative estimate of drug-likeness (QED) is 0.688. The van der Waals surface area contributed by atoms with Crippen LogP contribution in [0.25, 0.3) is 0 Å². The molecule has 3 heteroatoms. The molecule has 1 rings (SSSR count). The Kier molecular flexibility index (Phi) is 6.32. The minimum Gasteiger partial charge on any atom is -0.379 e. The van der Waals surface area contributed by atoms with Gasteiger partial charge < -0.3 is 4.74 Å². The van der Waals surface area contributed by atoms with Crippen molar-refractivity contribution in [2.45, 2.75) is 33.7 Å². The van der Waals surface area contributed by atoms with Gasteiger partial charge in [0, 0.05) is 32.2 Å². The van der Waals surface area contributed by atoms with Crippen LogP contribution in [0.4, 0.5) is 0 Å². The minimum atomic E-state index is 0.686. The fourth-order valence-electron chi connectivity index (χ4n) is 2.17. The van der Waals surface area contributed by atoms with E-state index in [0.29, 0.717) is 6.04 Å². The van der Waals surface area contributed by atoms with Crippen molar-refractivity contribution in [2.24, 2.45) is 5.92 Å². The van der Waals surface area contributed by atoms with Crippen LogP contribution >= 0.6 is 0 Å². The SMILES string of the molecule is CCN(CCN1CCOCC1)[C@H](C)C(C)C. The Bertz CT molecular complexity index is 179. The van der Waals surface area contributed by atoms with Crippen molar-refractivity contribution in [3.63, 3.8) is 0 Å². The van der Waals surface area contributed by atoms with Gasteiger partial charge in [-0.2, -0.15) is 0 Å². The third kappa shape index (κ3) is 4.40. The molecule has 1 aliphatic rings. The highest BCUT2D eigenvalue weighted by Gasteiger charge is 2.17. The number of hydrogen-bond acceptors (Lipinski definition) is 3. The van der Waals surface area contributed by atoms with Crippen molar-refractivity contribution in [1.82, 2.24) is 9.80 Å². The summed E-state index contributed by atoms with van der Waals surface area (Å²) >= 11 is 0. The van der Waals surface area contributed by atoms with Crippen LogP contribution in [-0.2, 0) is 4.74 Å². The van der Waals surface area contributed by atoms with Crippen molar-refractivity contribution < 1.29 is 4.74 Å². The molecular weight excluding hydrogens is 200 g/mol. The maximum Gasteiger partial charge on any atom is 0.0594 e. The van der Waals surface area contributed by atoms with Crippen LogP contribution in [0.3, 0.4) is 0 Å². The van der Waals surface area contributed by atoms with E-state index in [1.54, 1.807) is 0 Å². The fraction of sp³-hybridized carbons (Fsp3) is 1.00. The summed E-state index contributed by atoms with van der Waals surface area (Å²) in [4.78, 5) is 5.10.